The Bertz CT molecular complexity index is 422. The molecular weight excluding hydrogens is 267 g/mol. The van der Waals surface area contributed by atoms with Crippen molar-refractivity contribution < 1.29 is 0 Å². The van der Waals surface area contributed by atoms with Crippen LogP contribution in [0, 0.1) is 6.92 Å². The Labute approximate surface area is 99.3 Å². The molecule has 0 fully saturated rings. The van der Waals surface area contributed by atoms with E-state index in [0.29, 0.717) is 0 Å². The molecule has 0 saturated heterocycles. The molecule has 0 nitrogen and oxygen atoms in total. The molecule has 0 aliphatic rings. The van der Waals surface area contributed by atoms with Crippen LogP contribution in [-0.4, -0.2) is 13.7 Å². The molecule has 0 aliphatic heterocycles. The Balaban J connectivity index is 2.29. The molecule has 0 aromatic heterocycles. The molecule has 1 unspecified atom stereocenters. The first-order valence-corrected chi connectivity index (χ1v) is 9.19. The quantitative estimate of drug-likeness (QED) is 0.740. The zero-order chi connectivity index (χ0) is 10.7. The van der Waals surface area contributed by atoms with E-state index >= 15 is 0 Å². The SMILES string of the molecule is Cc1ccc([As](Cl)c2ccccc2)cc1. The predicted molar refractivity (Wildman–Crippen MR) is 68.5 cm³/mol. The van der Waals surface area contributed by atoms with Crippen LogP contribution in [0.15, 0.2) is 54.6 Å². The van der Waals surface area contributed by atoms with Crippen molar-refractivity contribution in [2.75, 3.05) is 0 Å². The van der Waals surface area contributed by atoms with Crippen LogP contribution in [0.5, 0.6) is 0 Å². The topological polar surface area (TPSA) is 0 Å². The first-order valence-electron chi connectivity index (χ1n) is 4.85. The van der Waals surface area contributed by atoms with Gasteiger partial charge in [0.25, 0.3) is 0 Å². The van der Waals surface area contributed by atoms with E-state index in [0.717, 1.165) is 0 Å². The average Bonchev–Trinajstić information content (AvgIpc) is 2.30. The minimum atomic E-state index is -1.54. The van der Waals surface area contributed by atoms with Crippen LogP contribution in [0.4, 0.5) is 0 Å². The van der Waals surface area contributed by atoms with E-state index in [2.05, 4.69) is 43.3 Å². The van der Waals surface area contributed by atoms with Crippen LogP contribution in [0.2, 0.25) is 0 Å². The van der Waals surface area contributed by atoms with Crippen molar-refractivity contribution in [3.63, 3.8) is 0 Å². The van der Waals surface area contributed by atoms with E-state index < -0.39 is 13.7 Å². The molecule has 0 heterocycles. The van der Waals surface area contributed by atoms with Gasteiger partial charge in [0.05, 0.1) is 0 Å². The van der Waals surface area contributed by atoms with Crippen LogP contribution in [0.25, 0.3) is 0 Å². The molecule has 0 saturated carbocycles. The number of hydrogen-bond donors (Lipinski definition) is 0. The fraction of sp³-hybridized carbons (Fsp3) is 0.0769. The summed E-state index contributed by atoms with van der Waals surface area (Å²) in [6.45, 7) is 2.10. The maximum absolute atomic E-state index is 6.53. The summed E-state index contributed by atoms with van der Waals surface area (Å²) >= 11 is -1.54. The Morgan fingerprint density at radius 1 is 0.800 bits per heavy atom. The van der Waals surface area contributed by atoms with Gasteiger partial charge < -0.3 is 0 Å². The molecule has 0 radical (unpaired) electrons. The Morgan fingerprint density at radius 2 is 1.33 bits per heavy atom. The van der Waals surface area contributed by atoms with Gasteiger partial charge in [-0.2, -0.15) is 0 Å². The van der Waals surface area contributed by atoms with Gasteiger partial charge in [0.2, 0.25) is 0 Å². The zero-order valence-electron chi connectivity index (χ0n) is 8.52. The monoisotopic (exact) mass is 278 g/mol. The van der Waals surface area contributed by atoms with Gasteiger partial charge in [-0.3, -0.25) is 0 Å². The van der Waals surface area contributed by atoms with Crippen LogP contribution in [0.3, 0.4) is 0 Å². The molecule has 76 valence electrons. The van der Waals surface area contributed by atoms with Crippen molar-refractivity contribution in [1.82, 2.24) is 0 Å². The van der Waals surface area contributed by atoms with Gasteiger partial charge in [-0.15, -0.1) is 0 Å². The van der Waals surface area contributed by atoms with Crippen LogP contribution < -0.4 is 8.70 Å². The summed E-state index contributed by atoms with van der Waals surface area (Å²) < 4.78 is 2.58. The van der Waals surface area contributed by atoms with Gasteiger partial charge in [-0.1, -0.05) is 0 Å². The van der Waals surface area contributed by atoms with E-state index in [9.17, 15) is 0 Å². The van der Waals surface area contributed by atoms with Crippen LogP contribution in [-0.2, 0) is 0 Å². The second kappa shape index (κ2) is 4.87. The molecule has 0 N–H and O–H groups in total. The van der Waals surface area contributed by atoms with Gasteiger partial charge in [0.15, 0.2) is 0 Å². The number of aryl methyl sites for hydroxylation is 1. The van der Waals surface area contributed by atoms with E-state index in [1.807, 2.05) is 18.2 Å². The van der Waals surface area contributed by atoms with Crippen molar-refractivity contribution in [3.05, 3.63) is 60.2 Å². The first kappa shape index (κ1) is 10.8. The summed E-state index contributed by atoms with van der Waals surface area (Å²) in [6.07, 6.45) is 0. The molecular formula is C13H12AsCl. The van der Waals surface area contributed by atoms with Crippen molar-refractivity contribution in [3.8, 4) is 0 Å². The van der Waals surface area contributed by atoms with Crippen molar-refractivity contribution in [1.29, 1.82) is 0 Å². The summed E-state index contributed by atoms with van der Waals surface area (Å²) in [7, 11) is 6.53. The summed E-state index contributed by atoms with van der Waals surface area (Å²) in [5, 5.41) is 0. The third kappa shape index (κ3) is 2.65. The standard InChI is InChI=1S/C13H12AsCl/c1-11-7-9-13(10-8-11)14(15)12-5-3-2-4-6-12/h2-10H,1H3. The number of rotatable bonds is 2. The summed E-state index contributed by atoms with van der Waals surface area (Å²) in [5.74, 6) is 0. The fourth-order valence-electron chi connectivity index (χ4n) is 1.38. The molecule has 0 aliphatic carbocycles. The van der Waals surface area contributed by atoms with E-state index in [1.165, 1.54) is 14.3 Å². The Kier molecular flexibility index (Phi) is 3.51. The molecule has 0 bridgehead atoms. The third-order valence-corrected chi connectivity index (χ3v) is 7.43. The second-order valence-corrected chi connectivity index (χ2v) is 8.55. The summed E-state index contributed by atoms with van der Waals surface area (Å²) in [5.41, 5.74) is 1.28. The molecule has 15 heavy (non-hydrogen) atoms. The van der Waals surface area contributed by atoms with Gasteiger partial charge in [0.1, 0.15) is 0 Å². The fourth-order valence-corrected chi connectivity index (χ4v) is 4.95. The Hall–Kier alpha value is -0.712. The normalized spacial score (nSPS) is 12.4. The molecule has 0 spiro atoms. The minimum absolute atomic E-state index is 1.28. The summed E-state index contributed by atoms with van der Waals surface area (Å²) in [6, 6.07) is 18.9. The number of benzene rings is 2. The zero-order valence-corrected chi connectivity index (χ0v) is 11.2. The molecule has 0 amide bonds. The van der Waals surface area contributed by atoms with Crippen LogP contribution in [0.1, 0.15) is 5.56 Å². The Morgan fingerprint density at radius 3 is 1.93 bits per heavy atom. The van der Waals surface area contributed by atoms with Crippen LogP contribution >= 0.6 is 9.95 Å². The van der Waals surface area contributed by atoms with Gasteiger partial charge in [-0.25, -0.2) is 0 Å². The van der Waals surface area contributed by atoms with E-state index in [-0.39, 0.29) is 0 Å². The molecule has 2 aromatic carbocycles. The van der Waals surface area contributed by atoms with E-state index in [4.69, 9.17) is 9.95 Å². The number of hydrogen-bond acceptors (Lipinski definition) is 0. The van der Waals surface area contributed by atoms with Gasteiger partial charge in [0, 0.05) is 0 Å². The molecule has 2 aromatic rings. The molecule has 2 rings (SSSR count). The molecule has 2 heteroatoms. The first-order chi connectivity index (χ1) is 7.27. The van der Waals surface area contributed by atoms with E-state index in [1.54, 1.807) is 0 Å². The molecule has 1 atom stereocenters. The van der Waals surface area contributed by atoms with Crippen molar-refractivity contribution >= 4 is 32.4 Å². The second-order valence-electron chi connectivity index (χ2n) is 3.45. The number of halogens is 1. The average molecular weight is 279 g/mol. The van der Waals surface area contributed by atoms with Gasteiger partial charge in [-0.05, 0) is 0 Å². The summed E-state index contributed by atoms with van der Waals surface area (Å²) in [4.78, 5) is 0. The van der Waals surface area contributed by atoms with Gasteiger partial charge >= 0.3 is 99.4 Å². The predicted octanol–water partition coefficient (Wildman–Crippen LogP) is 2.34. The maximum atomic E-state index is 6.53. The van der Waals surface area contributed by atoms with Crippen molar-refractivity contribution in [2.24, 2.45) is 0 Å². The van der Waals surface area contributed by atoms with Crippen molar-refractivity contribution in [2.45, 2.75) is 6.92 Å². The third-order valence-electron chi connectivity index (χ3n) is 2.24.